The van der Waals surface area contributed by atoms with Crippen LogP contribution in [0.2, 0.25) is 0 Å². The largest absolute Gasteiger partial charge is 0.197 e. The maximum atomic E-state index is 3.88. The highest BCUT2D eigenvalue weighted by atomic mass is 15.3. The number of aromatic nitrogens is 3. The zero-order valence-corrected chi connectivity index (χ0v) is 7.83. The number of hydrogen-bond acceptors (Lipinski definition) is 2. The van der Waals surface area contributed by atoms with E-state index in [2.05, 4.69) is 22.0 Å². The van der Waals surface area contributed by atoms with E-state index < -0.39 is 0 Å². The molecule has 0 spiro atoms. The first-order valence-electron chi connectivity index (χ1n) is 4.04. The van der Waals surface area contributed by atoms with Gasteiger partial charge in [-0.05, 0) is 19.1 Å². The molecule has 1 heterocycles. The number of H-pyrrole nitrogens is 1. The molecule has 0 saturated carbocycles. The third-order valence-corrected chi connectivity index (χ3v) is 1.12. The van der Waals surface area contributed by atoms with Crippen LogP contribution in [0.5, 0.6) is 0 Å². The number of nitrogens with one attached hydrogen (secondary N) is 1. The van der Waals surface area contributed by atoms with Crippen LogP contribution >= 0.6 is 0 Å². The Kier molecular flexibility index (Phi) is 5.61. The summed E-state index contributed by atoms with van der Waals surface area (Å²) in [6, 6.07) is 0. The molecule has 0 unspecified atom stereocenters. The summed E-state index contributed by atoms with van der Waals surface area (Å²) in [5.41, 5.74) is 1.62. The van der Waals surface area contributed by atoms with Crippen molar-refractivity contribution in [2.75, 3.05) is 0 Å². The minimum atomic E-state index is 0.790. The first-order valence-corrected chi connectivity index (χ1v) is 4.04. The third-order valence-electron chi connectivity index (χ3n) is 1.12. The summed E-state index contributed by atoms with van der Waals surface area (Å²) in [5.74, 6) is 0. The van der Waals surface area contributed by atoms with E-state index in [1.807, 2.05) is 32.9 Å². The third kappa shape index (κ3) is 2.70. The number of nitrogens with zero attached hydrogens (tertiary/aromatic N) is 2. The van der Waals surface area contributed by atoms with Crippen molar-refractivity contribution < 1.29 is 0 Å². The second-order valence-corrected chi connectivity index (χ2v) is 1.80. The average molecular weight is 165 g/mol. The van der Waals surface area contributed by atoms with E-state index in [-0.39, 0.29) is 0 Å². The molecule has 1 N–H and O–H groups in total. The Morgan fingerprint density at radius 1 is 1.25 bits per heavy atom. The van der Waals surface area contributed by atoms with Crippen LogP contribution in [0.15, 0.2) is 12.7 Å². The lowest BCUT2D eigenvalue weighted by Crippen LogP contribution is -1.74. The molecule has 0 saturated heterocycles. The standard InChI is InChI=1S/C7H9N3.C2H6/c1-3-5-7-6(4-2)8-10-9-7;1-2/h3-5H,2H2,1H3,(H,8,9,10);1-2H3/b5-3-;. The van der Waals surface area contributed by atoms with E-state index in [4.69, 9.17) is 0 Å². The molecular weight excluding hydrogens is 150 g/mol. The first kappa shape index (κ1) is 10.6. The fraction of sp³-hybridized carbons (Fsp3) is 0.333. The summed E-state index contributed by atoms with van der Waals surface area (Å²) in [4.78, 5) is 0. The molecule has 0 radical (unpaired) electrons. The Morgan fingerprint density at radius 3 is 2.33 bits per heavy atom. The molecule has 12 heavy (non-hydrogen) atoms. The fourth-order valence-electron chi connectivity index (χ4n) is 0.678. The summed E-state index contributed by atoms with van der Waals surface area (Å²) in [5, 5.41) is 10.2. The summed E-state index contributed by atoms with van der Waals surface area (Å²) >= 11 is 0. The molecule has 0 aliphatic heterocycles. The summed E-state index contributed by atoms with van der Waals surface area (Å²) in [7, 11) is 0. The lowest BCUT2D eigenvalue weighted by molar-refractivity contribution is 0.934. The summed E-state index contributed by atoms with van der Waals surface area (Å²) in [6.07, 6.45) is 5.45. The molecule has 0 bridgehead atoms. The summed E-state index contributed by atoms with van der Waals surface area (Å²) in [6.45, 7) is 9.52. The van der Waals surface area contributed by atoms with E-state index in [1.54, 1.807) is 6.08 Å². The Morgan fingerprint density at radius 2 is 1.83 bits per heavy atom. The van der Waals surface area contributed by atoms with Crippen LogP contribution in [0, 0.1) is 0 Å². The molecular formula is C9H15N3. The molecule has 0 aliphatic rings. The Bertz CT molecular complexity index is 248. The van der Waals surface area contributed by atoms with E-state index in [0.29, 0.717) is 0 Å². The van der Waals surface area contributed by atoms with Gasteiger partial charge >= 0.3 is 0 Å². The molecule has 66 valence electrons. The fourth-order valence-corrected chi connectivity index (χ4v) is 0.678. The van der Waals surface area contributed by atoms with Crippen LogP contribution in [0.3, 0.4) is 0 Å². The van der Waals surface area contributed by atoms with Crippen molar-refractivity contribution in [1.29, 1.82) is 0 Å². The highest BCUT2D eigenvalue weighted by molar-refractivity contribution is 5.57. The van der Waals surface area contributed by atoms with Crippen LogP contribution in [0.1, 0.15) is 32.2 Å². The van der Waals surface area contributed by atoms with Crippen molar-refractivity contribution in [3.63, 3.8) is 0 Å². The lowest BCUT2D eigenvalue weighted by atomic mass is 10.3. The van der Waals surface area contributed by atoms with Crippen LogP contribution in [-0.2, 0) is 0 Å². The van der Waals surface area contributed by atoms with Gasteiger partial charge in [-0.25, -0.2) is 0 Å². The van der Waals surface area contributed by atoms with Gasteiger partial charge in [0.2, 0.25) is 0 Å². The van der Waals surface area contributed by atoms with Gasteiger partial charge < -0.3 is 0 Å². The van der Waals surface area contributed by atoms with Crippen LogP contribution in [-0.4, -0.2) is 15.4 Å². The SMILES string of the molecule is C=Cc1n[nH]nc1/C=C\C.CC. The van der Waals surface area contributed by atoms with Gasteiger partial charge in [0, 0.05) is 0 Å². The van der Waals surface area contributed by atoms with Crippen molar-refractivity contribution in [2.45, 2.75) is 20.8 Å². The number of allylic oxidation sites excluding steroid dienone is 1. The minimum Gasteiger partial charge on any atom is -0.197 e. The molecule has 0 amide bonds. The molecule has 0 atom stereocenters. The first-order chi connectivity index (χ1) is 5.88. The highest BCUT2D eigenvalue weighted by Crippen LogP contribution is 2.03. The molecule has 1 rings (SSSR count). The predicted octanol–water partition coefficient (Wildman–Crippen LogP) is 2.51. The Hall–Kier alpha value is -1.38. The van der Waals surface area contributed by atoms with Gasteiger partial charge in [0.15, 0.2) is 0 Å². The second-order valence-electron chi connectivity index (χ2n) is 1.80. The maximum absolute atomic E-state index is 3.88. The number of aromatic amines is 1. The van der Waals surface area contributed by atoms with Crippen molar-refractivity contribution in [3.05, 3.63) is 24.0 Å². The maximum Gasteiger partial charge on any atom is 0.112 e. The predicted molar refractivity (Wildman–Crippen MR) is 52.5 cm³/mol. The zero-order chi connectivity index (χ0) is 9.40. The molecule has 1 aromatic rings. The smallest absolute Gasteiger partial charge is 0.112 e. The van der Waals surface area contributed by atoms with E-state index in [9.17, 15) is 0 Å². The topological polar surface area (TPSA) is 41.6 Å². The quantitative estimate of drug-likeness (QED) is 0.731. The highest BCUT2D eigenvalue weighted by Gasteiger charge is 1.96. The second kappa shape index (κ2) is 6.34. The Balaban J connectivity index is 0.000000561. The van der Waals surface area contributed by atoms with E-state index >= 15 is 0 Å². The normalized spacial score (nSPS) is 9.25. The van der Waals surface area contributed by atoms with Gasteiger partial charge in [-0.1, -0.05) is 26.5 Å². The van der Waals surface area contributed by atoms with Crippen molar-refractivity contribution in [2.24, 2.45) is 0 Å². The molecule has 0 aromatic carbocycles. The zero-order valence-electron chi connectivity index (χ0n) is 7.83. The van der Waals surface area contributed by atoms with Gasteiger partial charge in [0.05, 0.1) is 0 Å². The Labute approximate surface area is 73.2 Å². The van der Waals surface area contributed by atoms with Crippen LogP contribution < -0.4 is 0 Å². The molecule has 3 heteroatoms. The van der Waals surface area contributed by atoms with Gasteiger partial charge in [-0.15, -0.1) is 0 Å². The monoisotopic (exact) mass is 165 g/mol. The number of rotatable bonds is 2. The molecule has 3 nitrogen and oxygen atoms in total. The van der Waals surface area contributed by atoms with Gasteiger partial charge in [-0.2, -0.15) is 15.4 Å². The lowest BCUT2D eigenvalue weighted by Gasteiger charge is -1.81. The van der Waals surface area contributed by atoms with Gasteiger partial charge in [0.1, 0.15) is 11.4 Å². The minimum absolute atomic E-state index is 0.790. The van der Waals surface area contributed by atoms with Gasteiger partial charge in [-0.3, -0.25) is 0 Å². The average Bonchev–Trinajstić information content (AvgIpc) is 2.56. The van der Waals surface area contributed by atoms with E-state index in [0.717, 1.165) is 11.4 Å². The van der Waals surface area contributed by atoms with Crippen molar-refractivity contribution >= 4 is 12.2 Å². The molecule has 1 aromatic heterocycles. The van der Waals surface area contributed by atoms with E-state index in [1.165, 1.54) is 0 Å². The van der Waals surface area contributed by atoms with Crippen LogP contribution in [0.25, 0.3) is 12.2 Å². The molecule has 0 aliphatic carbocycles. The van der Waals surface area contributed by atoms with Crippen LogP contribution in [0.4, 0.5) is 0 Å². The number of hydrogen-bond donors (Lipinski definition) is 1. The molecule has 0 fully saturated rings. The van der Waals surface area contributed by atoms with Gasteiger partial charge in [0.25, 0.3) is 0 Å². The summed E-state index contributed by atoms with van der Waals surface area (Å²) < 4.78 is 0. The van der Waals surface area contributed by atoms with Crippen molar-refractivity contribution in [1.82, 2.24) is 15.4 Å². The van der Waals surface area contributed by atoms with Crippen molar-refractivity contribution in [3.8, 4) is 0 Å².